The molecule has 1 N–H and O–H groups in total. The van der Waals surface area contributed by atoms with Crippen molar-refractivity contribution in [2.75, 3.05) is 0 Å². The number of hydrogen-bond acceptors (Lipinski definition) is 3. The smallest absolute Gasteiger partial charge is 0.181 e. The van der Waals surface area contributed by atoms with E-state index >= 15 is 0 Å². The first-order valence-electron chi connectivity index (χ1n) is 9.54. The first-order chi connectivity index (χ1) is 10.4. The van der Waals surface area contributed by atoms with Crippen LogP contribution >= 0.6 is 0 Å². The van der Waals surface area contributed by atoms with Crippen molar-refractivity contribution in [2.45, 2.75) is 121 Å². The van der Waals surface area contributed by atoms with Crippen LogP contribution < -0.4 is 0 Å². The Hall–Kier alpha value is -0.120. The lowest BCUT2D eigenvalue weighted by atomic mass is 9.66. The molecule has 0 aliphatic heterocycles. The Balaban J connectivity index is 6.72. The van der Waals surface area contributed by atoms with Gasteiger partial charge in [-0.15, -0.1) is 0 Å². The fourth-order valence-electron chi connectivity index (χ4n) is 3.83. The molecular formula is C22H46O3. The molecule has 0 atom stereocenters. The highest BCUT2D eigenvalue weighted by molar-refractivity contribution is 5.01. The summed E-state index contributed by atoms with van der Waals surface area (Å²) in [5.74, 6) is -2.38. The van der Waals surface area contributed by atoms with E-state index in [1.165, 1.54) is 0 Å². The quantitative estimate of drug-likeness (QED) is 0.594. The molecule has 0 rings (SSSR count). The van der Waals surface area contributed by atoms with Gasteiger partial charge >= 0.3 is 0 Å². The normalized spacial score (nSPS) is 16.3. The van der Waals surface area contributed by atoms with Crippen LogP contribution in [0.2, 0.25) is 0 Å². The summed E-state index contributed by atoms with van der Waals surface area (Å²) in [5, 5.41) is 11.8. The third-order valence-electron chi connectivity index (χ3n) is 4.75. The van der Waals surface area contributed by atoms with Crippen LogP contribution in [-0.2, 0) is 9.47 Å². The summed E-state index contributed by atoms with van der Waals surface area (Å²) in [7, 11) is 0. The van der Waals surface area contributed by atoms with E-state index in [9.17, 15) is 5.11 Å². The molecule has 0 aliphatic carbocycles. The highest BCUT2D eigenvalue weighted by Crippen LogP contribution is 2.56. The summed E-state index contributed by atoms with van der Waals surface area (Å²) < 4.78 is 13.5. The summed E-state index contributed by atoms with van der Waals surface area (Å²) in [6, 6.07) is 0. The average molecular weight is 359 g/mol. The Morgan fingerprint density at radius 1 is 0.440 bits per heavy atom. The Labute approximate surface area is 157 Å². The SMILES string of the molecule is CC(C)(C)OC(OC(O)(C(C)(C)C)C(C)(C)C)(C(C)(C)C)C(C)(C)C. The number of ether oxygens (including phenoxy) is 2. The van der Waals surface area contributed by atoms with Crippen molar-refractivity contribution in [1.29, 1.82) is 0 Å². The van der Waals surface area contributed by atoms with Crippen molar-refractivity contribution in [1.82, 2.24) is 0 Å². The molecule has 0 unspecified atom stereocenters. The molecule has 0 aromatic carbocycles. The minimum atomic E-state index is -1.38. The van der Waals surface area contributed by atoms with E-state index in [0.29, 0.717) is 0 Å². The van der Waals surface area contributed by atoms with E-state index in [0.717, 1.165) is 0 Å². The van der Waals surface area contributed by atoms with E-state index in [2.05, 4.69) is 41.5 Å². The van der Waals surface area contributed by atoms with Gasteiger partial charge < -0.3 is 14.6 Å². The molecule has 3 nitrogen and oxygen atoms in total. The molecular weight excluding hydrogens is 312 g/mol. The zero-order valence-corrected chi connectivity index (χ0v) is 19.8. The van der Waals surface area contributed by atoms with Gasteiger partial charge in [-0.3, -0.25) is 0 Å². The third-order valence-corrected chi connectivity index (χ3v) is 4.75. The maximum atomic E-state index is 11.8. The van der Waals surface area contributed by atoms with E-state index < -0.39 is 28.0 Å². The van der Waals surface area contributed by atoms with Gasteiger partial charge in [-0.25, -0.2) is 0 Å². The number of rotatable bonds is 3. The predicted octanol–water partition coefficient (Wildman–Crippen LogP) is 6.39. The van der Waals surface area contributed by atoms with Crippen LogP contribution in [0.1, 0.15) is 104 Å². The van der Waals surface area contributed by atoms with Gasteiger partial charge in [-0.2, -0.15) is 0 Å². The summed E-state index contributed by atoms with van der Waals surface area (Å²) >= 11 is 0. The Morgan fingerprint density at radius 2 is 0.720 bits per heavy atom. The van der Waals surface area contributed by atoms with E-state index in [1.54, 1.807) is 0 Å². The number of aliphatic hydroxyl groups is 1. The second kappa shape index (κ2) is 6.49. The van der Waals surface area contributed by atoms with Gasteiger partial charge in [-0.05, 0) is 20.8 Å². The van der Waals surface area contributed by atoms with Gasteiger partial charge in [0.25, 0.3) is 0 Å². The molecule has 0 spiro atoms. The van der Waals surface area contributed by atoms with Crippen LogP contribution in [-0.4, -0.2) is 22.3 Å². The van der Waals surface area contributed by atoms with Gasteiger partial charge in [0.15, 0.2) is 11.6 Å². The summed E-state index contributed by atoms with van der Waals surface area (Å²) in [6.07, 6.45) is 0. The molecule has 0 saturated carbocycles. The summed E-state index contributed by atoms with van der Waals surface area (Å²) in [5.41, 5.74) is -2.12. The monoisotopic (exact) mass is 358 g/mol. The van der Waals surface area contributed by atoms with Crippen LogP contribution in [0.5, 0.6) is 0 Å². The fraction of sp³-hybridized carbons (Fsp3) is 1.00. The predicted molar refractivity (Wildman–Crippen MR) is 107 cm³/mol. The molecule has 0 radical (unpaired) electrons. The maximum Gasteiger partial charge on any atom is 0.181 e. The zero-order valence-electron chi connectivity index (χ0n) is 19.8. The molecule has 0 heterocycles. The molecule has 0 aliphatic rings. The van der Waals surface area contributed by atoms with Crippen molar-refractivity contribution in [2.24, 2.45) is 21.7 Å². The molecule has 25 heavy (non-hydrogen) atoms. The lowest BCUT2D eigenvalue weighted by Gasteiger charge is -2.61. The molecule has 0 bridgehead atoms. The Bertz CT molecular complexity index is 414. The average Bonchev–Trinajstić information content (AvgIpc) is 2.19. The van der Waals surface area contributed by atoms with Crippen molar-refractivity contribution in [3.8, 4) is 0 Å². The molecule has 152 valence electrons. The van der Waals surface area contributed by atoms with E-state index in [4.69, 9.17) is 9.47 Å². The molecule has 0 aromatic rings. The molecule has 3 heteroatoms. The molecule has 0 fully saturated rings. The van der Waals surface area contributed by atoms with Gasteiger partial charge in [0.05, 0.1) is 5.60 Å². The lowest BCUT2D eigenvalue weighted by Crippen LogP contribution is -2.68. The highest BCUT2D eigenvalue weighted by Gasteiger charge is 2.63. The van der Waals surface area contributed by atoms with Gasteiger partial charge in [0.2, 0.25) is 0 Å². The van der Waals surface area contributed by atoms with Crippen LogP contribution in [0.15, 0.2) is 0 Å². The van der Waals surface area contributed by atoms with Crippen molar-refractivity contribution in [3.05, 3.63) is 0 Å². The fourth-order valence-corrected chi connectivity index (χ4v) is 3.83. The highest BCUT2D eigenvalue weighted by atomic mass is 16.8. The van der Waals surface area contributed by atoms with Crippen LogP contribution in [0.4, 0.5) is 0 Å². The zero-order chi connectivity index (χ0) is 20.9. The maximum absolute atomic E-state index is 11.8. The summed E-state index contributed by atoms with van der Waals surface area (Å²) in [6.45, 7) is 31.0. The Kier molecular flexibility index (Phi) is 6.46. The van der Waals surface area contributed by atoms with Crippen molar-refractivity contribution < 1.29 is 14.6 Å². The van der Waals surface area contributed by atoms with Gasteiger partial charge in [0, 0.05) is 21.7 Å². The minimum absolute atomic E-state index is 0.358. The molecule has 0 aromatic heterocycles. The van der Waals surface area contributed by atoms with Crippen molar-refractivity contribution >= 4 is 0 Å². The second-order valence-corrected chi connectivity index (χ2v) is 12.6. The topological polar surface area (TPSA) is 38.7 Å². The van der Waals surface area contributed by atoms with E-state index in [1.807, 2.05) is 62.3 Å². The molecule has 0 saturated heterocycles. The summed E-state index contributed by atoms with van der Waals surface area (Å²) in [4.78, 5) is 0. The second-order valence-electron chi connectivity index (χ2n) is 12.6. The largest absolute Gasteiger partial charge is 0.364 e. The Morgan fingerprint density at radius 3 is 0.880 bits per heavy atom. The lowest BCUT2D eigenvalue weighted by molar-refractivity contribution is -0.465. The van der Waals surface area contributed by atoms with Crippen LogP contribution in [0.3, 0.4) is 0 Å². The van der Waals surface area contributed by atoms with Crippen LogP contribution in [0, 0.1) is 21.7 Å². The first kappa shape index (κ1) is 24.9. The van der Waals surface area contributed by atoms with E-state index in [-0.39, 0.29) is 10.8 Å². The standard InChI is InChI=1S/C22H46O3/c1-16(2,3)21(23,17(4,5)6)25-22(18(7,8)9,19(10,11)12)24-20(13,14)15/h23H,1-15H3. The third kappa shape index (κ3) is 4.99. The van der Waals surface area contributed by atoms with Gasteiger partial charge in [-0.1, -0.05) is 83.1 Å². The van der Waals surface area contributed by atoms with Crippen molar-refractivity contribution in [3.63, 3.8) is 0 Å². The van der Waals surface area contributed by atoms with Crippen LogP contribution in [0.25, 0.3) is 0 Å². The van der Waals surface area contributed by atoms with Gasteiger partial charge in [0.1, 0.15) is 0 Å². The minimum Gasteiger partial charge on any atom is -0.364 e. The molecule has 0 amide bonds. The first-order valence-corrected chi connectivity index (χ1v) is 9.54. The number of hydrogen-bond donors (Lipinski definition) is 1.